The van der Waals surface area contributed by atoms with Crippen LogP contribution in [0.25, 0.3) is 10.9 Å². The fraction of sp³-hybridized carbons (Fsp3) is 0.300. The van der Waals surface area contributed by atoms with Gasteiger partial charge in [0.25, 0.3) is 11.2 Å². The zero-order chi connectivity index (χ0) is 19.0. The zero-order valence-corrected chi connectivity index (χ0v) is 14.7. The number of rotatable bonds is 4. The number of para-hydroxylation sites is 1. The minimum Gasteiger partial charge on any atom is -0.289 e. The van der Waals surface area contributed by atoms with E-state index in [0.717, 1.165) is 25.7 Å². The van der Waals surface area contributed by atoms with Crippen molar-refractivity contribution in [2.45, 2.75) is 38.3 Å². The van der Waals surface area contributed by atoms with Crippen molar-refractivity contribution in [3.63, 3.8) is 0 Å². The first-order valence-electron chi connectivity index (χ1n) is 9.03. The lowest BCUT2D eigenvalue weighted by atomic mass is 10.1. The van der Waals surface area contributed by atoms with Gasteiger partial charge in [0, 0.05) is 18.2 Å². The molecule has 0 aliphatic heterocycles. The number of non-ortho nitro benzene ring substituents is 1. The largest absolute Gasteiger partial charge is 0.332 e. The molecule has 27 heavy (non-hydrogen) atoms. The Labute approximate surface area is 154 Å². The highest BCUT2D eigenvalue weighted by molar-refractivity contribution is 5.78. The van der Waals surface area contributed by atoms with Crippen LogP contribution in [0.5, 0.6) is 0 Å². The van der Waals surface area contributed by atoms with E-state index in [0.29, 0.717) is 16.5 Å². The Balaban J connectivity index is 1.91. The second-order valence-corrected chi connectivity index (χ2v) is 6.93. The molecule has 2 aromatic carbocycles. The second kappa shape index (κ2) is 6.83. The highest BCUT2D eigenvalue weighted by Crippen LogP contribution is 2.27. The number of hydrogen-bond donors (Lipinski definition) is 0. The van der Waals surface area contributed by atoms with Gasteiger partial charge in [-0.1, -0.05) is 37.1 Å². The van der Waals surface area contributed by atoms with Crippen molar-refractivity contribution in [2.75, 3.05) is 0 Å². The van der Waals surface area contributed by atoms with Gasteiger partial charge in [0.2, 0.25) is 0 Å². The Morgan fingerprint density at radius 3 is 2.52 bits per heavy atom. The quantitative estimate of drug-likeness (QED) is 0.525. The first-order valence-corrected chi connectivity index (χ1v) is 9.03. The SMILES string of the molecule is O=c1c2ccccc2n(Cc2cccc([N+](=O)[O-])c2)c(=O)n1C1CCCC1. The summed E-state index contributed by atoms with van der Waals surface area (Å²) in [4.78, 5) is 36.7. The van der Waals surface area contributed by atoms with Gasteiger partial charge in [-0.05, 0) is 30.5 Å². The molecule has 1 aromatic heterocycles. The fourth-order valence-corrected chi connectivity index (χ4v) is 3.93. The number of benzene rings is 2. The fourth-order valence-electron chi connectivity index (χ4n) is 3.93. The zero-order valence-electron chi connectivity index (χ0n) is 14.7. The molecule has 1 saturated carbocycles. The van der Waals surface area contributed by atoms with Gasteiger partial charge in [-0.25, -0.2) is 4.79 Å². The molecule has 0 N–H and O–H groups in total. The second-order valence-electron chi connectivity index (χ2n) is 6.93. The summed E-state index contributed by atoms with van der Waals surface area (Å²) < 4.78 is 2.93. The highest BCUT2D eigenvalue weighted by Gasteiger charge is 2.23. The van der Waals surface area contributed by atoms with Crippen molar-refractivity contribution in [3.05, 3.63) is 85.0 Å². The third kappa shape index (κ3) is 3.05. The maximum Gasteiger partial charge on any atom is 0.332 e. The molecule has 0 unspecified atom stereocenters. The highest BCUT2D eigenvalue weighted by atomic mass is 16.6. The van der Waals surface area contributed by atoms with Gasteiger partial charge in [0.15, 0.2) is 0 Å². The number of aromatic nitrogens is 2. The Bertz CT molecular complexity index is 1140. The third-order valence-electron chi connectivity index (χ3n) is 5.23. The van der Waals surface area contributed by atoms with Crippen LogP contribution in [0.4, 0.5) is 5.69 Å². The molecule has 1 aliphatic carbocycles. The Morgan fingerprint density at radius 1 is 1.04 bits per heavy atom. The Hall–Kier alpha value is -3.22. The maximum atomic E-state index is 13.2. The first kappa shape index (κ1) is 17.2. The van der Waals surface area contributed by atoms with Gasteiger partial charge in [0.05, 0.1) is 22.4 Å². The number of nitro benzene ring substituents is 1. The van der Waals surface area contributed by atoms with E-state index in [9.17, 15) is 19.7 Å². The van der Waals surface area contributed by atoms with Crippen LogP contribution in [0.1, 0.15) is 37.3 Å². The summed E-state index contributed by atoms with van der Waals surface area (Å²) in [5.41, 5.74) is 0.574. The lowest BCUT2D eigenvalue weighted by molar-refractivity contribution is -0.384. The minimum absolute atomic E-state index is 0.0195. The van der Waals surface area contributed by atoms with E-state index in [1.807, 2.05) is 0 Å². The van der Waals surface area contributed by atoms with Crippen LogP contribution in [0.2, 0.25) is 0 Å². The predicted octanol–water partition coefficient (Wildman–Crippen LogP) is 3.23. The van der Waals surface area contributed by atoms with Crippen LogP contribution in [-0.2, 0) is 6.54 Å². The third-order valence-corrected chi connectivity index (χ3v) is 5.23. The van der Waals surface area contributed by atoms with E-state index < -0.39 is 4.92 Å². The first-order chi connectivity index (χ1) is 13.1. The van der Waals surface area contributed by atoms with Crippen molar-refractivity contribution < 1.29 is 4.92 Å². The summed E-state index contributed by atoms with van der Waals surface area (Å²) in [6.07, 6.45) is 3.66. The average Bonchev–Trinajstić information content (AvgIpc) is 3.20. The molecule has 4 rings (SSSR count). The van der Waals surface area contributed by atoms with E-state index in [-0.39, 0.29) is 29.5 Å². The van der Waals surface area contributed by atoms with Crippen molar-refractivity contribution in [1.82, 2.24) is 9.13 Å². The molecular formula is C20H19N3O4. The van der Waals surface area contributed by atoms with Crippen molar-refractivity contribution in [3.8, 4) is 0 Å². The van der Waals surface area contributed by atoms with Crippen LogP contribution in [0, 0.1) is 10.1 Å². The van der Waals surface area contributed by atoms with Gasteiger partial charge in [-0.15, -0.1) is 0 Å². The number of hydrogen-bond acceptors (Lipinski definition) is 4. The van der Waals surface area contributed by atoms with Gasteiger partial charge in [0.1, 0.15) is 0 Å². The smallest absolute Gasteiger partial charge is 0.289 e. The molecule has 1 fully saturated rings. The summed E-state index contributed by atoms with van der Waals surface area (Å²) in [5, 5.41) is 11.5. The molecule has 1 heterocycles. The molecule has 0 atom stereocenters. The summed E-state index contributed by atoms with van der Waals surface area (Å²) in [6, 6.07) is 13.2. The lowest BCUT2D eigenvalue weighted by Crippen LogP contribution is -2.42. The Morgan fingerprint density at radius 2 is 1.78 bits per heavy atom. The minimum atomic E-state index is -0.455. The van der Waals surface area contributed by atoms with Crippen molar-refractivity contribution in [1.29, 1.82) is 0 Å². The maximum absolute atomic E-state index is 13.2. The predicted molar refractivity (Wildman–Crippen MR) is 102 cm³/mol. The molecule has 7 heteroatoms. The molecule has 0 radical (unpaired) electrons. The number of fused-ring (bicyclic) bond motifs is 1. The molecule has 0 bridgehead atoms. The van der Waals surface area contributed by atoms with Gasteiger partial charge in [-0.3, -0.25) is 24.0 Å². The standard InChI is InChI=1S/C20H19N3O4/c24-19-17-10-3-4-11-18(17)21(20(25)22(19)15-7-1-2-8-15)13-14-6-5-9-16(12-14)23(26)27/h3-6,9-12,15H,1-2,7-8,13H2. The van der Waals surface area contributed by atoms with Crippen LogP contribution < -0.4 is 11.2 Å². The van der Waals surface area contributed by atoms with Crippen LogP contribution in [-0.4, -0.2) is 14.1 Å². The van der Waals surface area contributed by atoms with Crippen LogP contribution in [0.3, 0.4) is 0 Å². The van der Waals surface area contributed by atoms with Gasteiger partial charge in [-0.2, -0.15) is 0 Å². The number of nitro groups is 1. The van der Waals surface area contributed by atoms with Crippen LogP contribution in [0.15, 0.2) is 58.1 Å². The van der Waals surface area contributed by atoms with E-state index in [2.05, 4.69) is 0 Å². The molecule has 1 aliphatic rings. The Kier molecular flexibility index (Phi) is 4.35. The van der Waals surface area contributed by atoms with Gasteiger partial charge >= 0.3 is 5.69 Å². The van der Waals surface area contributed by atoms with Crippen molar-refractivity contribution in [2.24, 2.45) is 0 Å². The summed E-state index contributed by atoms with van der Waals surface area (Å²) >= 11 is 0. The summed E-state index contributed by atoms with van der Waals surface area (Å²) in [7, 11) is 0. The van der Waals surface area contributed by atoms with E-state index in [4.69, 9.17) is 0 Å². The number of nitrogens with zero attached hydrogens (tertiary/aromatic N) is 3. The van der Waals surface area contributed by atoms with E-state index >= 15 is 0 Å². The van der Waals surface area contributed by atoms with E-state index in [1.54, 1.807) is 41.0 Å². The molecule has 3 aromatic rings. The monoisotopic (exact) mass is 365 g/mol. The molecule has 0 saturated heterocycles. The van der Waals surface area contributed by atoms with Crippen LogP contribution >= 0.6 is 0 Å². The lowest BCUT2D eigenvalue weighted by Gasteiger charge is -2.18. The molecule has 0 spiro atoms. The molecule has 7 nitrogen and oxygen atoms in total. The van der Waals surface area contributed by atoms with Gasteiger partial charge < -0.3 is 0 Å². The van der Waals surface area contributed by atoms with E-state index in [1.165, 1.54) is 16.7 Å². The molecular weight excluding hydrogens is 346 g/mol. The normalized spacial score (nSPS) is 14.7. The van der Waals surface area contributed by atoms with Crippen molar-refractivity contribution >= 4 is 16.6 Å². The molecule has 138 valence electrons. The summed E-state index contributed by atoms with van der Waals surface area (Å²) in [6.45, 7) is 0.175. The summed E-state index contributed by atoms with van der Waals surface area (Å²) in [5.74, 6) is 0. The topological polar surface area (TPSA) is 87.1 Å². The molecule has 0 amide bonds. The average molecular weight is 365 g/mol.